The third kappa shape index (κ3) is 6.55. The summed E-state index contributed by atoms with van der Waals surface area (Å²) in [5.41, 5.74) is 3.31. The summed E-state index contributed by atoms with van der Waals surface area (Å²) in [6, 6.07) is 22.0. The van der Waals surface area contributed by atoms with Crippen LogP contribution in [0.4, 0.5) is 0 Å². The Kier molecular flexibility index (Phi) is 7.99. The van der Waals surface area contributed by atoms with Crippen molar-refractivity contribution in [2.24, 2.45) is 0 Å². The maximum absolute atomic E-state index is 11.2. The number of aliphatic hydroxyl groups is 2. The van der Waals surface area contributed by atoms with Crippen LogP contribution < -0.4 is 4.74 Å². The fourth-order valence-corrected chi connectivity index (χ4v) is 5.02. The zero-order chi connectivity index (χ0) is 28.3. The lowest BCUT2D eigenvalue weighted by Crippen LogP contribution is -2.47. The molecule has 1 fully saturated rings. The molecule has 1 saturated heterocycles. The smallest absolute Gasteiger partial charge is 0.394 e. The number of ether oxygens (including phenoxy) is 1. The van der Waals surface area contributed by atoms with Gasteiger partial charge in [0.15, 0.2) is 0 Å². The second-order valence-electron chi connectivity index (χ2n) is 9.76. The van der Waals surface area contributed by atoms with Gasteiger partial charge in [0, 0.05) is 41.9 Å². The first-order valence-corrected chi connectivity index (χ1v) is 14.2. The lowest BCUT2D eigenvalue weighted by Gasteiger charge is -2.39. The molecule has 6 rings (SSSR count). The molecule has 5 aromatic rings. The molecule has 12 heteroatoms. The van der Waals surface area contributed by atoms with Crippen LogP contribution in [-0.2, 0) is 16.0 Å². The minimum Gasteiger partial charge on any atom is -0.493 e. The lowest BCUT2D eigenvalue weighted by atomic mass is 9.88. The molecular weight excluding hydrogens is 536 g/mol. The number of nitrogens with zero attached hydrogens (tertiary/aromatic N) is 3. The van der Waals surface area contributed by atoms with Crippen molar-refractivity contribution in [3.63, 3.8) is 0 Å². The van der Waals surface area contributed by atoms with E-state index in [2.05, 4.69) is 33.2 Å². The van der Waals surface area contributed by atoms with E-state index in [1.54, 1.807) is 6.20 Å². The number of aromatic amines is 1. The molecule has 1 unspecified atom stereocenters. The molecule has 3 aromatic carbocycles. The summed E-state index contributed by atoms with van der Waals surface area (Å²) < 4.78 is 37.5. The van der Waals surface area contributed by atoms with E-state index in [1.807, 2.05) is 53.4 Å². The Morgan fingerprint density at radius 3 is 2.35 bits per heavy atom. The van der Waals surface area contributed by atoms with E-state index in [4.69, 9.17) is 22.3 Å². The Hall–Kier alpha value is -3.65. The first-order valence-electron chi connectivity index (χ1n) is 12.8. The maximum Gasteiger partial charge on any atom is 0.394 e. The molecule has 210 valence electrons. The number of piperidine rings is 1. The highest BCUT2D eigenvalue weighted by molar-refractivity contribution is 7.79. The molecule has 1 aliphatic rings. The summed E-state index contributed by atoms with van der Waals surface area (Å²) in [5, 5.41) is 24.3. The molecule has 0 bridgehead atoms. The number of H-pyrrole nitrogens is 1. The molecule has 0 aliphatic carbocycles. The van der Waals surface area contributed by atoms with Crippen LogP contribution in [-0.4, -0.2) is 73.5 Å². The van der Waals surface area contributed by atoms with Crippen LogP contribution >= 0.6 is 0 Å². The highest BCUT2D eigenvalue weighted by Crippen LogP contribution is 2.33. The highest BCUT2D eigenvalue weighted by Gasteiger charge is 2.37. The van der Waals surface area contributed by atoms with Gasteiger partial charge in [0.1, 0.15) is 17.6 Å². The molecule has 1 aliphatic heterocycles. The van der Waals surface area contributed by atoms with E-state index in [9.17, 15) is 10.2 Å². The average molecular weight is 567 g/mol. The maximum atomic E-state index is 11.2. The zero-order valence-electron chi connectivity index (χ0n) is 21.5. The average Bonchev–Trinajstić information content (AvgIpc) is 3.30. The topological polar surface area (TPSA) is 169 Å². The Morgan fingerprint density at radius 1 is 0.950 bits per heavy atom. The molecule has 0 saturated carbocycles. The van der Waals surface area contributed by atoms with E-state index in [0.717, 1.165) is 27.8 Å². The number of aromatic nitrogens is 3. The summed E-state index contributed by atoms with van der Waals surface area (Å²) in [4.78, 5) is 14.5. The summed E-state index contributed by atoms with van der Waals surface area (Å²) >= 11 is 0. The van der Waals surface area contributed by atoms with E-state index < -0.39 is 22.2 Å². The monoisotopic (exact) mass is 566 g/mol. The summed E-state index contributed by atoms with van der Waals surface area (Å²) in [6.07, 6.45) is 2.52. The Morgan fingerprint density at radius 2 is 1.60 bits per heavy atom. The minimum absolute atomic E-state index is 0.407. The number of nitrogens with one attached hydrogen (secondary N) is 1. The van der Waals surface area contributed by atoms with Gasteiger partial charge < -0.3 is 19.9 Å². The number of para-hydroxylation sites is 3. The van der Waals surface area contributed by atoms with Gasteiger partial charge in [-0.15, -0.1) is 0 Å². The number of benzene rings is 3. The van der Waals surface area contributed by atoms with Gasteiger partial charge in [0.25, 0.3) is 0 Å². The fourth-order valence-electron chi connectivity index (χ4n) is 5.02. The zero-order valence-corrected chi connectivity index (χ0v) is 22.3. The Bertz CT molecular complexity index is 1730. The van der Waals surface area contributed by atoms with Crippen molar-refractivity contribution in [1.29, 1.82) is 0 Å². The third-order valence-corrected chi connectivity index (χ3v) is 7.09. The first-order chi connectivity index (χ1) is 19.1. The van der Waals surface area contributed by atoms with Crippen molar-refractivity contribution in [3.8, 4) is 5.75 Å². The number of aliphatic hydroxyl groups excluding tert-OH is 1. The van der Waals surface area contributed by atoms with Crippen LogP contribution in [0, 0.1) is 0 Å². The van der Waals surface area contributed by atoms with Gasteiger partial charge in [-0.1, -0.05) is 30.3 Å². The largest absolute Gasteiger partial charge is 0.493 e. The van der Waals surface area contributed by atoms with Crippen LogP contribution in [0.1, 0.15) is 25.0 Å². The molecule has 1 atom stereocenters. The lowest BCUT2D eigenvalue weighted by molar-refractivity contribution is -0.0836. The van der Waals surface area contributed by atoms with Crippen LogP contribution in [0.2, 0.25) is 0 Å². The van der Waals surface area contributed by atoms with E-state index >= 15 is 0 Å². The second-order valence-corrected chi connectivity index (χ2v) is 10.7. The number of hydrogen-bond acceptors (Lipinski definition) is 8. The van der Waals surface area contributed by atoms with Gasteiger partial charge in [-0.25, -0.2) is 4.98 Å². The highest BCUT2D eigenvalue weighted by atomic mass is 32.3. The molecule has 3 heterocycles. The standard InChI is InChI=1S/C28H28N4O3.H2O4S/c33-27(11-16-35-19-9-10-21-20-5-1-2-6-22(20)30-25(21)17-19)32-14-12-28(34,13-15-32)26-18-29-23-7-3-4-8-24(23)31-26;1-5(2,3)4/h1-10,17-18,27,30,33-34H,11-16H2;(H2,1,2,3,4). The van der Waals surface area contributed by atoms with Crippen LogP contribution in [0.25, 0.3) is 32.8 Å². The number of hydrogen-bond donors (Lipinski definition) is 5. The van der Waals surface area contributed by atoms with Crippen molar-refractivity contribution < 1.29 is 32.5 Å². The van der Waals surface area contributed by atoms with E-state index in [-0.39, 0.29) is 0 Å². The molecule has 5 N–H and O–H groups in total. The van der Waals surface area contributed by atoms with Crippen molar-refractivity contribution in [2.45, 2.75) is 31.1 Å². The molecule has 0 spiro atoms. The number of rotatable bonds is 6. The quantitative estimate of drug-likeness (QED) is 0.191. The number of fused-ring (bicyclic) bond motifs is 4. The van der Waals surface area contributed by atoms with Crippen molar-refractivity contribution >= 4 is 43.2 Å². The number of likely N-dealkylation sites (tertiary alicyclic amines) is 1. The third-order valence-electron chi connectivity index (χ3n) is 7.09. The van der Waals surface area contributed by atoms with Gasteiger partial charge in [0.2, 0.25) is 0 Å². The fraction of sp³-hybridized carbons (Fsp3) is 0.286. The predicted molar refractivity (Wildman–Crippen MR) is 150 cm³/mol. The van der Waals surface area contributed by atoms with Crippen molar-refractivity contribution in [1.82, 2.24) is 19.9 Å². The van der Waals surface area contributed by atoms with Gasteiger partial charge in [-0.2, -0.15) is 8.42 Å². The van der Waals surface area contributed by atoms with Crippen LogP contribution in [0.5, 0.6) is 5.75 Å². The van der Waals surface area contributed by atoms with E-state index in [0.29, 0.717) is 44.7 Å². The van der Waals surface area contributed by atoms with Crippen LogP contribution in [0.15, 0.2) is 72.9 Å². The first kappa shape index (κ1) is 27.9. The normalized spacial score (nSPS) is 16.5. The Labute approximate surface area is 230 Å². The predicted octanol–water partition coefficient (Wildman–Crippen LogP) is 3.68. The molecule has 11 nitrogen and oxygen atoms in total. The van der Waals surface area contributed by atoms with Crippen molar-refractivity contribution in [2.75, 3.05) is 19.7 Å². The van der Waals surface area contributed by atoms with Gasteiger partial charge >= 0.3 is 10.4 Å². The SMILES string of the molecule is O=S(=O)(O)O.OC(CCOc1ccc2c(c1)[nH]c1ccccc12)N1CCC(O)(c2cnc3ccccc3n2)CC1. The molecule has 0 amide bonds. The van der Waals surface area contributed by atoms with Gasteiger partial charge in [-0.3, -0.25) is 19.0 Å². The molecule has 40 heavy (non-hydrogen) atoms. The molecule has 2 aromatic heterocycles. The molecular formula is C28H30N4O7S. The summed E-state index contributed by atoms with van der Waals surface area (Å²) in [5.74, 6) is 0.777. The van der Waals surface area contributed by atoms with Crippen molar-refractivity contribution in [3.05, 3.63) is 78.6 Å². The van der Waals surface area contributed by atoms with Gasteiger partial charge in [0.05, 0.1) is 35.0 Å². The molecule has 0 radical (unpaired) electrons. The minimum atomic E-state index is -4.67. The van der Waals surface area contributed by atoms with E-state index in [1.165, 1.54) is 10.8 Å². The van der Waals surface area contributed by atoms with Gasteiger partial charge in [-0.05, 0) is 43.2 Å². The Balaban J connectivity index is 0.000000595. The second kappa shape index (κ2) is 11.5. The van der Waals surface area contributed by atoms with Crippen LogP contribution in [0.3, 0.4) is 0 Å². The summed E-state index contributed by atoms with van der Waals surface area (Å²) in [6.45, 7) is 1.56. The summed E-state index contributed by atoms with van der Waals surface area (Å²) in [7, 11) is -4.67.